The van der Waals surface area contributed by atoms with Crippen molar-refractivity contribution in [2.24, 2.45) is 0 Å². The first-order chi connectivity index (χ1) is 13.8. The molecule has 2 fully saturated rings. The molecule has 2 saturated heterocycles. The number of nitrogens with one attached hydrogen (secondary N) is 1. The second kappa shape index (κ2) is 9.26. The molecular weight excluding hydrogens is 370 g/mol. The minimum atomic E-state index is -0.769. The second-order valence-corrected chi connectivity index (χ2v) is 8.61. The Balaban J connectivity index is 1.53. The van der Waals surface area contributed by atoms with Crippen LogP contribution in [0.15, 0.2) is 6.07 Å². The first kappa shape index (κ1) is 21.8. The number of aliphatic hydroxyl groups is 1. The van der Waals surface area contributed by atoms with Gasteiger partial charge in [-0.2, -0.15) is 5.10 Å². The van der Waals surface area contributed by atoms with Crippen LogP contribution in [0.2, 0.25) is 0 Å². The number of aromatic nitrogens is 2. The van der Waals surface area contributed by atoms with Gasteiger partial charge in [0.05, 0.1) is 5.60 Å². The molecule has 2 aliphatic heterocycles. The van der Waals surface area contributed by atoms with Crippen molar-refractivity contribution >= 4 is 11.8 Å². The van der Waals surface area contributed by atoms with Gasteiger partial charge in [0, 0.05) is 57.9 Å². The van der Waals surface area contributed by atoms with Gasteiger partial charge in [0.2, 0.25) is 5.91 Å². The van der Waals surface area contributed by atoms with Gasteiger partial charge in [0.15, 0.2) is 5.69 Å². The Morgan fingerprint density at radius 2 is 1.97 bits per heavy atom. The van der Waals surface area contributed by atoms with Gasteiger partial charge in [-0.15, -0.1) is 0 Å². The summed E-state index contributed by atoms with van der Waals surface area (Å²) in [6.07, 6.45) is 3.90. The van der Waals surface area contributed by atoms with E-state index in [9.17, 15) is 14.7 Å². The predicted molar refractivity (Wildman–Crippen MR) is 111 cm³/mol. The molecule has 162 valence electrons. The van der Waals surface area contributed by atoms with Gasteiger partial charge in [-0.1, -0.05) is 0 Å². The maximum absolute atomic E-state index is 12.9. The van der Waals surface area contributed by atoms with Crippen molar-refractivity contribution in [1.82, 2.24) is 24.9 Å². The fourth-order valence-corrected chi connectivity index (χ4v) is 4.58. The van der Waals surface area contributed by atoms with Crippen LogP contribution in [0.1, 0.15) is 62.1 Å². The Hall–Kier alpha value is -1.93. The summed E-state index contributed by atoms with van der Waals surface area (Å²) >= 11 is 0. The summed E-state index contributed by atoms with van der Waals surface area (Å²) in [7, 11) is 0. The Bertz CT molecular complexity index is 726. The zero-order chi connectivity index (χ0) is 21.0. The van der Waals surface area contributed by atoms with Gasteiger partial charge in [-0.3, -0.25) is 14.3 Å². The largest absolute Gasteiger partial charge is 0.388 e. The number of likely N-dealkylation sites (tertiary alicyclic amines) is 2. The molecule has 0 aliphatic carbocycles. The van der Waals surface area contributed by atoms with Crippen LogP contribution in [0, 0.1) is 6.92 Å². The molecule has 1 aromatic heterocycles. The van der Waals surface area contributed by atoms with E-state index in [1.165, 1.54) is 0 Å². The minimum Gasteiger partial charge on any atom is -0.388 e. The topological polar surface area (TPSA) is 90.7 Å². The summed E-state index contributed by atoms with van der Waals surface area (Å²) < 4.78 is 1.84. The van der Waals surface area contributed by atoms with Crippen LogP contribution in [0.4, 0.5) is 0 Å². The van der Waals surface area contributed by atoms with Crippen molar-refractivity contribution in [3.8, 4) is 0 Å². The summed E-state index contributed by atoms with van der Waals surface area (Å²) in [5, 5.41) is 18.6. The average molecular weight is 406 g/mol. The zero-order valence-corrected chi connectivity index (χ0v) is 18.0. The van der Waals surface area contributed by atoms with Crippen LogP contribution in [0.5, 0.6) is 0 Å². The highest BCUT2D eigenvalue weighted by atomic mass is 16.3. The number of piperidine rings is 1. The fourth-order valence-electron chi connectivity index (χ4n) is 4.58. The SMILES string of the molecule is CCn1nc(C(=O)N2CCC[C@@](O)(CN3CCC(NC(C)=O)CC3)CC2)cc1C. The van der Waals surface area contributed by atoms with Gasteiger partial charge >= 0.3 is 0 Å². The van der Waals surface area contributed by atoms with E-state index >= 15 is 0 Å². The van der Waals surface area contributed by atoms with Gasteiger partial charge < -0.3 is 20.2 Å². The van der Waals surface area contributed by atoms with E-state index in [1.54, 1.807) is 6.92 Å². The van der Waals surface area contributed by atoms with Crippen LogP contribution >= 0.6 is 0 Å². The fraction of sp³-hybridized carbons (Fsp3) is 0.762. The van der Waals surface area contributed by atoms with Gasteiger partial charge in [0.25, 0.3) is 5.91 Å². The highest BCUT2D eigenvalue weighted by Gasteiger charge is 2.35. The van der Waals surface area contributed by atoms with Crippen LogP contribution < -0.4 is 5.32 Å². The molecule has 0 unspecified atom stereocenters. The first-order valence-corrected chi connectivity index (χ1v) is 10.9. The Kier molecular flexibility index (Phi) is 6.95. The molecule has 3 rings (SSSR count). The van der Waals surface area contributed by atoms with Crippen molar-refractivity contribution < 1.29 is 14.7 Å². The number of nitrogens with zero attached hydrogens (tertiary/aromatic N) is 4. The summed E-state index contributed by atoms with van der Waals surface area (Å²) in [6.45, 7) is 9.88. The Morgan fingerprint density at radius 3 is 2.59 bits per heavy atom. The van der Waals surface area contributed by atoms with Crippen molar-refractivity contribution in [2.45, 2.75) is 71.1 Å². The van der Waals surface area contributed by atoms with E-state index in [2.05, 4.69) is 15.3 Å². The number of aryl methyl sites for hydroxylation is 2. The number of rotatable bonds is 5. The summed E-state index contributed by atoms with van der Waals surface area (Å²) in [6, 6.07) is 2.09. The molecule has 8 nitrogen and oxygen atoms in total. The lowest BCUT2D eigenvalue weighted by Gasteiger charge is -2.38. The monoisotopic (exact) mass is 405 g/mol. The molecule has 2 aliphatic rings. The molecule has 2 amide bonds. The van der Waals surface area contributed by atoms with Crippen molar-refractivity contribution in [3.05, 3.63) is 17.5 Å². The van der Waals surface area contributed by atoms with Gasteiger partial charge in [0.1, 0.15) is 0 Å². The highest BCUT2D eigenvalue weighted by molar-refractivity contribution is 5.92. The van der Waals surface area contributed by atoms with Gasteiger partial charge in [-0.25, -0.2) is 0 Å². The van der Waals surface area contributed by atoms with Crippen LogP contribution in [-0.2, 0) is 11.3 Å². The summed E-state index contributed by atoms with van der Waals surface area (Å²) in [5.41, 5.74) is 0.717. The predicted octanol–water partition coefficient (Wildman–Crippen LogP) is 1.17. The number of amides is 2. The average Bonchev–Trinajstić information content (AvgIpc) is 2.95. The van der Waals surface area contributed by atoms with E-state index in [0.717, 1.165) is 44.6 Å². The van der Waals surface area contributed by atoms with E-state index < -0.39 is 5.60 Å². The Morgan fingerprint density at radius 1 is 1.24 bits per heavy atom. The number of carbonyl (C=O) groups is 2. The number of carbonyl (C=O) groups excluding carboxylic acids is 2. The molecule has 0 bridgehead atoms. The molecule has 0 aromatic carbocycles. The molecule has 2 N–H and O–H groups in total. The zero-order valence-electron chi connectivity index (χ0n) is 18.0. The molecule has 1 aromatic rings. The third-order valence-corrected chi connectivity index (χ3v) is 6.22. The van der Waals surface area contributed by atoms with Crippen LogP contribution in [0.25, 0.3) is 0 Å². The third-order valence-electron chi connectivity index (χ3n) is 6.22. The number of hydrogen-bond donors (Lipinski definition) is 2. The smallest absolute Gasteiger partial charge is 0.274 e. The van der Waals surface area contributed by atoms with E-state index in [4.69, 9.17) is 0 Å². The lowest BCUT2D eigenvalue weighted by atomic mass is 9.93. The van der Waals surface area contributed by atoms with Crippen LogP contribution in [0.3, 0.4) is 0 Å². The molecule has 0 spiro atoms. The quantitative estimate of drug-likeness (QED) is 0.767. The maximum Gasteiger partial charge on any atom is 0.274 e. The molecule has 1 atom stereocenters. The van der Waals surface area contributed by atoms with Gasteiger partial charge in [-0.05, 0) is 52.0 Å². The van der Waals surface area contributed by atoms with Crippen molar-refractivity contribution in [2.75, 3.05) is 32.7 Å². The standard InChI is InChI=1S/C21H35N5O3/c1-4-26-16(2)14-19(23-26)20(28)25-10-5-8-21(29,9-13-25)15-24-11-6-18(7-12-24)22-17(3)27/h14,18,29H,4-13,15H2,1-3H3,(H,22,27)/t21-/m0/s1. The number of hydrogen-bond acceptors (Lipinski definition) is 5. The van der Waals surface area contributed by atoms with E-state index in [-0.39, 0.29) is 17.9 Å². The Labute approximate surface area is 173 Å². The lowest BCUT2D eigenvalue weighted by molar-refractivity contribution is -0.120. The molecule has 3 heterocycles. The molecule has 0 saturated carbocycles. The van der Waals surface area contributed by atoms with E-state index in [1.807, 2.05) is 29.5 Å². The highest BCUT2D eigenvalue weighted by Crippen LogP contribution is 2.26. The van der Waals surface area contributed by atoms with E-state index in [0.29, 0.717) is 38.2 Å². The summed E-state index contributed by atoms with van der Waals surface area (Å²) in [5.74, 6) is -0.0183. The lowest BCUT2D eigenvalue weighted by Crippen LogP contribution is -2.50. The van der Waals surface area contributed by atoms with Crippen LogP contribution in [-0.4, -0.2) is 80.9 Å². The molecule has 29 heavy (non-hydrogen) atoms. The maximum atomic E-state index is 12.9. The molecule has 8 heteroatoms. The normalized spacial score (nSPS) is 24.3. The summed E-state index contributed by atoms with van der Waals surface area (Å²) in [4.78, 5) is 28.2. The first-order valence-electron chi connectivity index (χ1n) is 10.9. The minimum absolute atomic E-state index is 0.0227. The molecular formula is C21H35N5O3. The third kappa shape index (κ3) is 5.57. The number of β-amino-alcohol motifs (C(OH)–C–C–N with tert-alkyl or cyclic N) is 1. The van der Waals surface area contributed by atoms with Crippen molar-refractivity contribution in [1.29, 1.82) is 0 Å². The molecule has 0 radical (unpaired) electrons. The second-order valence-electron chi connectivity index (χ2n) is 8.61. The van der Waals surface area contributed by atoms with Crippen molar-refractivity contribution in [3.63, 3.8) is 0 Å².